The summed E-state index contributed by atoms with van der Waals surface area (Å²) in [5.41, 5.74) is 0. The third kappa shape index (κ3) is 6.06. The quantitative estimate of drug-likeness (QED) is 0.894. The highest BCUT2D eigenvalue weighted by atomic mass is 32.2. The van der Waals surface area contributed by atoms with E-state index in [1.54, 1.807) is 24.3 Å². The summed E-state index contributed by atoms with van der Waals surface area (Å²) in [4.78, 5) is 9.03. The molecule has 0 spiro atoms. The average molecular weight is 300 g/mol. The van der Waals surface area contributed by atoms with Crippen LogP contribution in [-0.4, -0.2) is 30.5 Å². The molecule has 0 unspecified atom stereocenters. The minimum atomic E-state index is -3.06. The highest BCUT2D eigenvalue weighted by Gasteiger charge is 2.22. The molecule has 2 N–H and O–H groups in total. The van der Waals surface area contributed by atoms with Crippen molar-refractivity contribution < 1.29 is 23.4 Å². The van der Waals surface area contributed by atoms with Crippen LogP contribution in [0, 0.1) is 5.92 Å². The maximum atomic E-state index is 12.1. The minimum Gasteiger partial charge on any atom is -0.450 e. The van der Waals surface area contributed by atoms with Gasteiger partial charge in [0.1, 0.15) is 0 Å². The lowest BCUT2D eigenvalue weighted by atomic mass is 9.91. The number of carbonyl (C=O) groups is 1. The molecule has 0 amide bonds. The molecule has 1 aliphatic carbocycles. The van der Waals surface area contributed by atoms with Crippen molar-refractivity contribution >= 4 is 16.0 Å². The number of benzene rings is 1. The Morgan fingerprint density at radius 3 is 2.05 bits per heavy atom. The Hall–Kier alpha value is -1.56. The fourth-order valence-electron chi connectivity index (χ4n) is 2.39. The summed E-state index contributed by atoms with van der Waals surface area (Å²) in [6, 6.07) is 8.80. The van der Waals surface area contributed by atoms with Crippen molar-refractivity contribution in [2.75, 3.05) is 5.75 Å². The second-order valence-corrected chi connectivity index (χ2v) is 6.92. The minimum absolute atomic E-state index is 0.330. The fraction of sp³-hybridized carbons (Fsp3) is 0.500. The average Bonchev–Trinajstić information content (AvgIpc) is 2.40. The first kappa shape index (κ1) is 16.5. The van der Waals surface area contributed by atoms with Crippen LogP contribution in [0.2, 0.25) is 0 Å². The van der Waals surface area contributed by atoms with Crippen LogP contribution in [-0.2, 0) is 9.84 Å². The van der Waals surface area contributed by atoms with Gasteiger partial charge in [-0.15, -0.1) is 0 Å². The van der Waals surface area contributed by atoms with E-state index in [0.717, 1.165) is 12.8 Å². The van der Waals surface area contributed by atoms with E-state index in [1.165, 1.54) is 19.3 Å². The van der Waals surface area contributed by atoms with E-state index in [4.69, 9.17) is 15.0 Å². The molecule has 0 radical (unpaired) electrons. The summed E-state index contributed by atoms with van der Waals surface area (Å²) < 4.78 is 24.2. The van der Waals surface area contributed by atoms with Gasteiger partial charge in [-0.1, -0.05) is 37.5 Å². The third-order valence-electron chi connectivity index (χ3n) is 3.28. The van der Waals surface area contributed by atoms with Crippen molar-refractivity contribution in [3.05, 3.63) is 30.3 Å². The first-order valence-electron chi connectivity index (χ1n) is 6.61. The van der Waals surface area contributed by atoms with Gasteiger partial charge in [-0.2, -0.15) is 0 Å². The maximum Gasteiger partial charge on any atom is 0.503 e. The molecule has 5 nitrogen and oxygen atoms in total. The summed E-state index contributed by atoms with van der Waals surface area (Å²) >= 11 is 0. The predicted octanol–water partition coefficient (Wildman–Crippen LogP) is 3.26. The first-order valence-corrected chi connectivity index (χ1v) is 8.27. The molecule has 0 saturated heterocycles. The zero-order chi connectivity index (χ0) is 15.0. The van der Waals surface area contributed by atoms with Crippen LogP contribution < -0.4 is 0 Å². The van der Waals surface area contributed by atoms with Crippen molar-refractivity contribution in [3.63, 3.8) is 0 Å². The number of sulfone groups is 1. The fourth-order valence-corrected chi connectivity index (χ4v) is 4.11. The van der Waals surface area contributed by atoms with Gasteiger partial charge in [0.25, 0.3) is 0 Å². The van der Waals surface area contributed by atoms with Crippen molar-refractivity contribution in [3.8, 4) is 0 Å². The van der Waals surface area contributed by atoms with Crippen LogP contribution in [0.1, 0.15) is 32.1 Å². The number of hydrogen-bond donors (Lipinski definition) is 2. The standard InChI is InChI=1S/C13H18O2S.CH2O3/c14-16(15,13-9-5-2-6-10-13)11-12-7-3-1-4-8-12;2-1(3)4/h2,5-6,9-10,12H,1,3-4,7-8,11H2;(H2,2,3,4). The van der Waals surface area contributed by atoms with Gasteiger partial charge in [0.2, 0.25) is 0 Å². The first-order chi connectivity index (χ1) is 9.42. The van der Waals surface area contributed by atoms with E-state index in [0.29, 0.717) is 16.6 Å². The van der Waals surface area contributed by atoms with Crippen LogP contribution in [0.5, 0.6) is 0 Å². The molecule has 1 fully saturated rings. The van der Waals surface area contributed by atoms with E-state index in [9.17, 15) is 8.42 Å². The maximum absolute atomic E-state index is 12.1. The number of rotatable bonds is 3. The van der Waals surface area contributed by atoms with E-state index in [2.05, 4.69) is 0 Å². The molecule has 1 saturated carbocycles. The van der Waals surface area contributed by atoms with E-state index in [1.807, 2.05) is 6.07 Å². The summed E-state index contributed by atoms with van der Waals surface area (Å²) in [5, 5.41) is 13.9. The van der Waals surface area contributed by atoms with E-state index >= 15 is 0 Å². The van der Waals surface area contributed by atoms with Gasteiger partial charge < -0.3 is 10.2 Å². The molecule has 2 rings (SSSR count). The number of hydrogen-bond acceptors (Lipinski definition) is 3. The van der Waals surface area contributed by atoms with Gasteiger partial charge in [-0.3, -0.25) is 0 Å². The van der Waals surface area contributed by atoms with Gasteiger partial charge in [-0.05, 0) is 30.9 Å². The van der Waals surface area contributed by atoms with Gasteiger partial charge >= 0.3 is 6.16 Å². The molecular weight excluding hydrogens is 280 g/mol. The molecule has 112 valence electrons. The van der Waals surface area contributed by atoms with Crippen LogP contribution in [0.15, 0.2) is 35.2 Å². The Kier molecular flexibility index (Phi) is 6.51. The van der Waals surface area contributed by atoms with Crippen LogP contribution in [0.4, 0.5) is 4.79 Å². The van der Waals surface area contributed by atoms with Crippen molar-refractivity contribution in [2.45, 2.75) is 37.0 Å². The SMILES string of the molecule is O=C(O)O.O=S(=O)(CC1CCCCC1)c1ccccc1. The Morgan fingerprint density at radius 2 is 1.55 bits per heavy atom. The van der Waals surface area contributed by atoms with Crippen molar-refractivity contribution in [1.29, 1.82) is 0 Å². The number of carboxylic acid groups (broad SMARTS) is 2. The highest BCUT2D eigenvalue weighted by Crippen LogP contribution is 2.26. The monoisotopic (exact) mass is 300 g/mol. The normalized spacial score (nSPS) is 16.0. The molecule has 6 heteroatoms. The molecule has 1 aromatic carbocycles. The topological polar surface area (TPSA) is 91.7 Å². The zero-order valence-corrected chi connectivity index (χ0v) is 12.1. The van der Waals surface area contributed by atoms with Gasteiger partial charge in [0, 0.05) is 0 Å². The predicted molar refractivity (Wildman–Crippen MR) is 75.7 cm³/mol. The van der Waals surface area contributed by atoms with Crippen LogP contribution >= 0.6 is 0 Å². The van der Waals surface area contributed by atoms with Gasteiger partial charge in [0.05, 0.1) is 10.6 Å². The Balaban J connectivity index is 0.000000444. The van der Waals surface area contributed by atoms with E-state index in [-0.39, 0.29) is 0 Å². The molecule has 1 aliphatic rings. The summed E-state index contributed by atoms with van der Waals surface area (Å²) in [6.07, 6.45) is 3.96. The lowest BCUT2D eigenvalue weighted by molar-refractivity contribution is 0.137. The van der Waals surface area contributed by atoms with Crippen LogP contribution in [0.3, 0.4) is 0 Å². The summed E-state index contributed by atoms with van der Waals surface area (Å²) in [6.45, 7) is 0. The third-order valence-corrected chi connectivity index (χ3v) is 5.18. The van der Waals surface area contributed by atoms with Gasteiger partial charge in [0.15, 0.2) is 9.84 Å². The van der Waals surface area contributed by atoms with Crippen molar-refractivity contribution in [1.82, 2.24) is 0 Å². The lowest BCUT2D eigenvalue weighted by Gasteiger charge is -2.21. The molecule has 0 aliphatic heterocycles. The highest BCUT2D eigenvalue weighted by molar-refractivity contribution is 7.91. The second-order valence-electron chi connectivity index (χ2n) is 4.88. The second kappa shape index (κ2) is 7.89. The Labute approximate surface area is 119 Å². The smallest absolute Gasteiger partial charge is 0.450 e. The molecular formula is C14H20O5S. The molecule has 20 heavy (non-hydrogen) atoms. The van der Waals surface area contributed by atoms with Gasteiger partial charge in [-0.25, -0.2) is 13.2 Å². The summed E-state index contributed by atoms with van der Waals surface area (Å²) in [5.74, 6) is 0.704. The lowest BCUT2D eigenvalue weighted by Crippen LogP contribution is -2.18. The molecule has 0 heterocycles. The van der Waals surface area contributed by atoms with E-state index < -0.39 is 16.0 Å². The molecule has 0 atom stereocenters. The molecule has 0 bridgehead atoms. The Bertz CT molecular complexity index is 500. The zero-order valence-electron chi connectivity index (χ0n) is 11.2. The Morgan fingerprint density at radius 1 is 1.05 bits per heavy atom. The molecule has 1 aromatic rings. The molecule has 0 aromatic heterocycles. The van der Waals surface area contributed by atoms with Crippen molar-refractivity contribution in [2.24, 2.45) is 5.92 Å². The summed E-state index contributed by atoms with van der Waals surface area (Å²) in [7, 11) is -3.06. The largest absolute Gasteiger partial charge is 0.503 e. The van der Waals surface area contributed by atoms with Crippen LogP contribution in [0.25, 0.3) is 0 Å².